The zero-order valence-corrected chi connectivity index (χ0v) is 11.0. The molecule has 4 heteroatoms. The number of benzene rings is 1. The molecule has 0 bridgehead atoms. The van der Waals surface area contributed by atoms with Gasteiger partial charge in [0.1, 0.15) is 8.07 Å². The van der Waals surface area contributed by atoms with Crippen molar-refractivity contribution in [1.29, 1.82) is 0 Å². The SMILES string of the molecule is Cc1c(C#C[Si](C)(C)C)cccc1[N+](=O)[O-]. The van der Waals surface area contributed by atoms with E-state index in [9.17, 15) is 10.1 Å². The van der Waals surface area contributed by atoms with E-state index in [-0.39, 0.29) is 10.6 Å². The summed E-state index contributed by atoms with van der Waals surface area (Å²) in [4.78, 5) is 10.4. The van der Waals surface area contributed by atoms with Crippen LogP contribution in [0.3, 0.4) is 0 Å². The summed E-state index contributed by atoms with van der Waals surface area (Å²) >= 11 is 0. The molecule has 16 heavy (non-hydrogen) atoms. The molecule has 3 nitrogen and oxygen atoms in total. The van der Waals surface area contributed by atoms with E-state index >= 15 is 0 Å². The molecule has 0 saturated heterocycles. The van der Waals surface area contributed by atoms with E-state index in [4.69, 9.17) is 0 Å². The Kier molecular flexibility index (Phi) is 3.50. The quantitative estimate of drug-likeness (QED) is 0.324. The maximum atomic E-state index is 10.7. The minimum atomic E-state index is -1.44. The van der Waals surface area contributed by atoms with Crippen molar-refractivity contribution >= 4 is 13.8 Å². The minimum absolute atomic E-state index is 0.141. The molecule has 84 valence electrons. The van der Waals surface area contributed by atoms with Crippen molar-refractivity contribution in [2.24, 2.45) is 0 Å². The first kappa shape index (κ1) is 12.5. The molecule has 1 aromatic rings. The molecule has 0 aromatic heterocycles. The number of nitro benzene ring substituents is 1. The Hall–Kier alpha value is -1.60. The molecule has 0 unspecified atom stereocenters. The van der Waals surface area contributed by atoms with Crippen LogP contribution in [0.5, 0.6) is 0 Å². The molecule has 0 aliphatic heterocycles. The van der Waals surface area contributed by atoms with E-state index in [1.165, 1.54) is 6.07 Å². The fourth-order valence-electron chi connectivity index (χ4n) is 1.21. The molecular weight excluding hydrogens is 218 g/mol. The van der Waals surface area contributed by atoms with Crippen molar-refractivity contribution in [3.63, 3.8) is 0 Å². The van der Waals surface area contributed by atoms with Gasteiger partial charge < -0.3 is 0 Å². The van der Waals surface area contributed by atoms with Crippen LogP contribution in [0.1, 0.15) is 11.1 Å². The van der Waals surface area contributed by atoms with Gasteiger partial charge in [0.05, 0.1) is 4.92 Å². The van der Waals surface area contributed by atoms with Gasteiger partial charge in [-0.3, -0.25) is 10.1 Å². The fourth-order valence-corrected chi connectivity index (χ4v) is 1.72. The second-order valence-corrected chi connectivity index (χ2v) is 9.46. The molecule has 0 N–H and O–H groups in total. The molecule has 1 rings (SSSR count). The van der Waals surface area contributed by atoms with Crippen molar-refractivity contribution in [2.45, 2.75) is 26.6 Å². The van der Waals surface area contributed by atoms with E-state index < -0.39 is 8.07 Å². The van der Waals surface area contributed by atoms with Crippen LogP contribution in [0.2, 0.25) is 19.6 Å². The summed E-state index contributed by atoms with van der Waals surface area (Å²) in [7, 11) is -1.44. The van der Waals surface area contributed by atoms with Crippen molar-refractivity contribution in [3.05, 3.63) is 39.4 Å². The lowest BCUT2D eigenvalue weighted by molar-refractivity contribution is -0.385. The molecule has 0 heterocycles. The second-order valence-electron chi connectivity index (χ2n) is 4.71. The third kappa shape index (κ3) is 3.21. The Balaban J connectivity index is 3.20. The maximum absolute atomic E-state index is 10.7. The van der Waals surface area contributed by atoms with E-state index in [0.29, 0.717) is 5.56 Å². The first-order valence-corrected chi connectivity index (χ1v) is 8.58. The van der Waals surface area contributed by atoms with Gasteiger partial charge in [-0.15, -0.1) is 5.54 Å². The Labute approximate surface area is 96.7 Å². The predicted molar refractivity (Wildman–Crippen MR) is 68.1 cm³/mol. The van der Waals surface area contributed by atoms with Gasteiger partial charge in [-0.1, -0.05) is 31.6 Å². The molecular formula is C12H15NO2Si. The second kappa shape index (κ2) is 4.50. The highest BCUT2D eigenvalue weighted by Crippen LogP contribution is 2.20. The lowest BCUT2D eigenvalue weighted by Gasteiger charge is -2.04. The van der Waals surface area contributed by atoms with E-state index in [0.717, 1.165) is 5.56 Å². The zero-order valence-electron chi connectivity index (χ0n) is 10.00. The molecule has 0 aliphatic rings. The highest BCUT2D eigenvalue weighted by Gasteiger charge is 2.12. The van der Waals surface area contributed by atoms with E-state index in [1.54, 1.807) is 13.0 Å². The van der Waals surface area contributed by atoms with Crippen molar-refractivity contribution in [1.82, 2.24) is 0 Å². The van der Waals surface area contributed by atoms with E-state index in [2.05, 4.69) is 31.1 Å². The van der Waals surface area contributed by atoms with Crippen molar-refractivity contribution in [3.8, 4) is 11.5 Å². The molecule has 0 atom stereocenters. The topological polar surface area (TPSA) is 43.1 Å². The van der Waals surface area contributed by atoms with Gasteiger partial charge in [-0.25, -0.2) is 0 Å². The summed E-state index contributed by atoms with van der Waals surface area (Å²) in [6, 6.07) is 5.02. The largest absolute Gasteiger partial charge is 0.273 e. The standard InChI is InChI=1S/C12H15NO2Si/c1-10-11(8-9-16(2,3)4)6-5-7-12(10)13(14)15/h5-7H,1-4H3. The number of hydrogen-bond acceptors (Lipinski definition) is 2. The summed E-state index contributed by atoms with van der Waals surface area (Å²) in [5.74, 6) is 3.06. The van der Waals surface area contributed by atoms with Crippen LogP contribution in [-0.4, -0.2) is 13.0 Å². The van der Waals surface area contributed by atoms with Crippen molar-refractivity contribution < 1.29 is 4.92 Å². The van der Waals surface area contributed by atoms with Gasteiger partial charge in [0.2, 0.25) is 0 Å². The van der Waals surface area contributed by atoms with Crippen molar-refractivity contribution in [2.75, 3.05) is 0 Å². The monoisotopic (exact) mass is 233 g/mol. The third-order valence-electron chi connectivity index (χ3n) is 2.07. The highest BCUT2D eigenvalue weighted by atomic mass is 28.3. The molecule has 0 amide bonds. The summed E-state index contributed by atoms with van der Waals surface area (Å²) in [6.07, 6.45) is 0. The molecule has 0 fully saturated rings. The van der Waals surface area contributed by atoms with Crippen LogP contribution in [0.15, 0.2) is 18.2 Å². The first-order chi connectivity index (χ1) is 7.31. The minimum Gasteiger partial charge on any atom is -0.258 e. The van der Waals surface area contributed by atoms with Crippen LogP contribution < -0.4 is 0 Å². The van der Waals surface area contributed by atoms with Crippen LogP contribution in [0, 0.1) is 28.5 Å². The smallest absolute Gasteiger partial charge is 0.258 e. The van der Waals surface area contributed by atoms with Crippen LogP contribution in [0.25, 0.3) is 0 Å². The summed E-state index contributed by atoms with van der Waals surface area (Å²) < 4.78 is 0. The van der Waals surface area contributed by atoms with Gasteiger partial charge in [0.15, 0.2) is 0 Å². The average molecular weight is 233 g/mol. The lowest BCUT2D eigenvalue weighted by atomic mass is 10.1. The summed E-state index contributed by atoms with van der Waals surface area (Å²) in [6.45, 7) is 8.18. The molecule has 0 spiro atoms. The number of rotatable bonds is 1. The van der Waals surface area contributed by atoms with Crippen LogP contribution in [-0.2, 0) is 0 Å². The molecule has 0 radical (unpaired) electrons. The van der Waals surface area contributed by atoms with Gasteiger partial charge in [0, 0.05) is 17.2 Å². The summed E-state index contributed by atoms with van der Waals surface area (Å²) in [5, 5.41) is 10.7. The summed E-state index contributed by atoms with van der Waals surface area (Å²) in [5.41, 5.74) is 4.76. The Morgan fingerprint density at radius 3 is 2.44 bits per heavy atom. The number of nitrogens with zero attached hydrogens (tertiary/aromatic N) is 1. The normalized spacial score (nSPS) is 10.5. The predicted octanol–water partition coefficient (Wildman–Crippen LogP) is 3.13. The molecule has 0 aliphatic carbocycles. The first-order valence-electron chi connectivity index (χ1n) is 5.08. The fraction of sp³-hybridized carbons (Fsp3) is 0.333. The van der Waals surface area contributed by atoms with E-state index in [1.807, 2.05) is 6.07 Å². The van der Waals surface area contributed by atoms with Gasteiger partial charge in [-0.05, 0) is 13.0 Å². The Bertz CT molecular complexity index is 478. The average Bonchev–Trinajstić information content (AvgIpc) is 2.14. The van der Waals surface area contributed by atoms with Crippen LogP contribution >= 0.6 is 0 Å². The highest BCUT2D eigenvalue weighted by molar-refractivity contribution is 6.83. The number of hydrogen-bond donors (Lipinski definition) is 0. The maximum Gasteiger partial charge on any atom is 0.273 e. The third-order valence-corrected chi connectivity index (χ3v) is 2.95. The number of nitro groups is 1. The molecule has 0 saturated carbocycles. The Morgan fingerprint density at radius 1 is 1.31 bits per heavy atom. The lowest BCUT2D eigenvalue weighted by Crippen LogP contribution is -2.16. The molecule has 1 aromatic carbocycles. The Morgan fingerprint density at radius 2 is 1.94 bits per heavy atom. The van der Waals surface area contributed by atoms with Gasteiger partial charge in [-0.2, -0.15) is 0 Å². The van der Waals surface area contributed by atoms with Gasteiger partial charge >= 0.3 is 0 Å². The van der Waals surface area contributed by atoms with Crippen LogP contribution in [0.4, 0.5) is 5.69 Å². The zero-order chi connectivity index (χ0) is 12.3. The van der Waals surface area contributed by atoms with Gasteiger partial charge in [0.25, 0.3) is 5.69 Å².